The van der Waals surface area contributed by atoms with Crippen LogP contribution < -0.4 is 10.5 Å². The first-order valence-corrected chi connectivity index (χ1v) is 5.53. The molecule has 6 heteroatoms. The maximum absolute atomic E-state index is 5.76. The molecule has 0 saturated carbocycles. The van der Waals surface area contributed by atoms with Crippen LogP contribution in [0.15, 0.2) is 34.9 Å². The minimum atomic E-state index is 0.159. The van der Waals surface area contributed by atoms with E-state index in [0.29, 0.717) is 21.1 Å². The van der Waals surface area contributed by atoms with Crippen LogP contribution in [0.3, 0.4) is 0 Å². The lowest BCUT2D eigenvalue weighted by atomic mass is 10.3. The largest absolute Gasteiger partial charge is 0.438 e. The summed E-state index contributed by atoms with van der Waals surface area (Å²) in [7, 11) is 0. The number of anilines is 1. The number of nitrogens with two attached hydrogens (primary N) is 1. The smallest absolute Gasteiger partial charge is 0.238 e. The summed E-state index contributed by atoms with van der Waals surface area (Å²) in [6.45, 7) is 0. The van der Waals surface area contributed by atoms with Gasteiger partial charge in [0.1, 0.15) is 5.75 Å². The summed E-state index contributed by atoms with van der Waals surface area (Å²) < 4.78 is 6.14. The van der Waals surface area contributed by atoms with E-state index in [0.717, 1.165) is 0 Å². The van der Waals surface area contributed by atoms with Crippen LogP contribution in [0.5, 0.6) is 11.6 Å². The minimum absolute atomic E-state index is 0.159. The van der Waals surface area contributed by atoms with Crippen molar-refractivity contribution < 1.29 is 4.74 Å². The zero-order chi connectivity index (χ0) is 11.5. The summed E-state index contributed by atoms with van der Waals surface area (Å²) >= 11 is 9.03. The number of ether oxygens (including phenoxy) is 1. The molecule has 0 saturated heterocycles. The molecule has 0 aliphatic heterocycles. The summed E-state index contributed by atoms with van der Waals surface area (Å²) in [6, 6.07) is 6.95. The molecule has 0 radical (unpaired) electrons. The maximum Gasteiger partial charge on any atom is 0.238 e. The number of nitrogens with zero attached hydrogens (tertiary/aromatic N) is 2. The highest BCUT2D eigenvalue weighted by Crippen LogP contribution is 2.27. The topological polar surface area (TPSA) is 61.0 Å². The van der Waals surface area contributed by atoms with Gasteiger partial charge < -0.3 is 10.5 Å². The quantitative estimate of drug-likeness (QED) is 0.924. The van der Waals surface area contributed by atoms with Crippen LogP contribution in [0, 0.1) is 0 Å². The van der Waals surface area contributed by atoms with E-state index in [1.165, 1.54) is 6.20 Å². The standard InChI is InChI=1S/C10H7BrClN3O/c11-8-5-14-10(13)15-9(8)16-7-3-1-6(12)2-4-7/h1-5H,(H2,13,14,15). The highest BCUT2D eigenvalue weighted by molar-refractivity contribution is 9.10. The van der Waals surface area contributed by atoms with Crippen LogP contribution >= 0.6 is 27.5 Å². The predicted octanol–water partition coefficient (Wildman–Crippen LogP) is 3.27. The molecule has 0 atom stereocenters. The molecule has 2 N–H and O–H groups in total. The Kier molecular flexibility index (Phi) is 3.26. The zero-order valence-corrected chi connectivity index (χ0v) is 10.4. The Bertz CT molecular complexity index is 504. The fourth-order valence-corrected chi connectivity index (χ4v) is 1.45. The van der Waals surface area contributed by atoms with Crippen molar-refractivity contribution in [1.82, 2.24) is 9.97 Å². The first-order chi connectivity index (χ1) is 7.65. The van der Waals surface area contributed by atoms with Gasteiger partial charge in [0.2, 0.25) is 11.8 Å². The molecule has 2 rings (SSSR count). The summed E-state index contributed by atoms with van der Waals surface area (Å²) in [5.74, 6) is 1.16. The number of rotatable bonds is 2. The minimum Gasteiger partial charge on any atom is -0.438 e. The molecular weight excluding hydrogens is 293 g/mol. The molecule has 0 unspecified atom stereocenters. The lowest BCUT2D eigenvalue weighted by Gasteiger charge is -2.06. The molecule has 4 nitrogen and oxygen atoms in total. The lowest BCUT2D eigenvalue weighted by Crippen LogP contribution is -1.97. The van der Waals surface area contributed by atoms with Crippen LogP contribution in [-0.4, -0.2) is 9.97 Å². The van der Waals surface area contributed by atoms with Gasteiger partial charge in [0, 0.05) is 5.02 Å². The van der Waals surface area contributed by atoms with Crippen molar-refractivity contribution in [2.45, 2.75) is 0 Å². The molecule has 0 aliphatic rings. The first kappa shape index (κ1) is 11.2. The second-order valence-corrected chi connectivity index (χ2v) is 4.23. The Morgan fingerprint density at radius 1 is 1.25 bits per heavy atom. The highest BCUT2D eigenvalue weighted by Gasteiger charge is 2.05. The van der Waals surface area contributed by atoms with Gasteiger partial charge in [-0.2, -0.15) is 4.98 Å². The molecule has 2 aromatic rings. The van der Waals surface area contributed by atoms with Crippen LogP contribution in [0.1, 0.15) is 0 Å². The molecule has 0 amide bonds. The zero-order valence-electron chi connectivity index (χ0n) is 8.02. The molecule has 82 valence electrons. The average Bonchev–Trinajstić information content (AvgIpc) is 2.27. The number of hydrogen-bond acceptors (Lipinski definition) is 4. The molecule has 0 fully saturated rings. The van der Waals surface area contributed by atoms with Crippen molar-refractivity contribution >= 4 is 33.5 Å². The maximum atomic E-state index is 5.76. The van der Waals surface area contributed by atoms with Gasteiger partial charge in [-0.05, 0) is 40.2 Å². The van der Waals surface area contributed by atoms with E-state index in [4.69, 9.17) is 22.1 Å². The Hall–Kier alpha value is -1.33. The molecule has 0 aliphatic carbocycles. The van der Waals surface area contributed by atoms with E-state index in [1.54, 1.807) is 24.3 Å². The molecule has 1 aromatic carbocycles. The summed E-state index contributed by atoms with van der Waals surface area (Å²) in [6.07, 6.45) is 1.54. The molecule has 1 heterocycles. The molecule has 0 bridgehead atoms. The second-order valence-electron chi connectivity index (χ2n) is 2.94. The van der Waals surface area contributed by atoms with Crippen molar-refractivity contribution in [2.75, 3.05) is 5.73 Å². The van der Waals surface area contributed by atoms with Gasteiger partial charge >= 0.3 is 0 Å². The lowest BCUT2D eigenvalue weighted by molar-refractivity contribution is 0.459. The Morgan fingerprint density at radius 3 is 2.62 bits per heavy atom. The third-order valence-electron chi connectivity index (χ3n) is 1.76. The highest BCUT2D eigenvalue weighted by atomic mass is 79.9. The fraction of sp³-hybridized carbons (Fsp3) is 0. The number of benzene rings is 1. The summed E-state index contributed by atoms with van der Waals surface area (Å²) in [5.41, 5.74) is 5.46. The third-order valence-corrected chi connectivity index (χ3v) is 2.55. The third kappa shape index (κ3) is 2.62. The van der Waals surface area contributed by atoms with Crippen molar-refractivity contribution in [2.24, 2.45) is 0 Å². The van der Waals surface area contributed by atoms with Gasteiger partial charge in [0.05, 0.1) is 10.7 Å². The van der Waals surface area contributed by atoms with Crippen molar-refractivity contribution in [3.63, 3.8) is 0 Å². The van der Waals surface area contributed by atoms with Crippen LogP contribution in [0.25, 0.3) is 0 Å². The van der Waals surface area contributed by atoms with Gasteiger partial charge in [-0.25, -0.2) is 4.98 Å². The van der Waals surface area contributed by atoms with Gasteiger partial charge in [0.25, 0.3) is 0 Å². The SMILES string of the molecule is Nc1ncc(Br)c(Oc2ccc(Cl)cc2)n1. The van der Waals surface area contributed by atoms with Crippen LogP contribution in [0.4, 0.5) is 5.95 Å². The Labute approximate surface area is 106 Å². The monoisotopic (exact) mass is 299 g/mol. The number of hydrogen-bond donors (Lipinski definition) is 1. The second kappa shape index (κ2) is 4.67. The summed E-state index contributed by atoms with van der Waals surface area (Å²) in [5, 5.41) is 0.647. The van der Waals surface area contributed by atoms with Crippen molar-refractivity contribution in [1.29, 1.82) is 0 Å². The fourth-order valence-electron chi connectivity index (χ4n) is 1.05. The van der Waals surface area contributed by atoms with E-state index in [2.05, 4.69) is 25.9 Å². The number of nitrogen functional groups attached to an aromatic ring is 1. The van der Waals surface area contributed by atoms with E-state index < -0.39 is 0 Å². The number of aromatic nitrogens is 2. The van der Waals surface area contributed by atoms with Gasteiger partial charge in [-0.1, -0.05) is 11.6 Å². The Balaban J connectivity index is 2.26. The van der Waals surface area contributed by atoms with Crippen molar-refractivity contribution in [3.8, 4) is 11.6 Å². The van der Waals surface area contributed by atoms with E-state index >= 15 is 0 Å². The van der Waals surface area contributed by atoms with Gasteiger partial charge in [0.15, 0.2) is 0 Å². The molecule has 1 aromatic heterocycles. The first-order valence-electron chi connectivity index (χ1n) is 4.36. The predicted molar refractivity (Wildman–Crippen MR) is 65.7 cm³/mol. The van der Waals surface area contributed by atoms with Crippen molar-refractivity contribution in [3.05, 3.63) is 40.0 Å². The molecular formula is C10H7BrClN3O. The number of halogens is 2. The molecule has 16 heavy (non-hydrogen) atoms. The van der Waals surface area contributed by atoms with E-state index in [1.807, 2.05) is 0 Å². The average molecular weight is 301 g/mol. The van der Waals surface area contributed by atoms with E-state index in [-0.39, 0.29) is 5.95 Å². The van der Waals surface area contributed by atoms with Crippen LogP contribution in [-0.2, 0) is 0 Å². The normalized spacial score (nSPS) is 10.1. The Morgan fingerprint density at radius 2 is 1.94 bits per heavy atom. The van der Waals surface area contributed by atoms with Gasteiger partial charge in [-0.3, -0.25) is 0 Å². The molecule has 0 spiro atoms. The summed E-state index contributed by atoms with van der Waals surface area (Å²) in [4.78, 5) is 7.77. The van der Waals surface area contributed by atoms with E-state index in [9.17, 15) is 0 Å². The van der Waals surface area contributed by atoms with Crippen LogP contribution in [0.2, 0.25) is 5.02 Å². The van der Waals surface area contributed by atoms with Gasteiger partial charge in [-0.15, -0.1) is 0 Å².